The van der Waals surface area contributed by atoms with Gasteiger partial charge in [0.1, 0.15) is 12.1 Å². The maximum atomic E-state index is 13.2. The number of benzene rings is 1. The summed E-state index contributed by atoms with van der Waals surface area (Å²) in [4.78, 5) is 63.5. The summed E-state index contributed by atoms with van der Waals surface area (Å²) in [6.07, 6.45) is 1.43. The van der Waals surface area contributed by atoms with Crippen molar-refractivity contribution in [2.24, 2.45) is 5.73 Å². The van der Waals surface area contributed by atoms with Crippen LogP contribution in [0.2, 0.25) is 0 Å². The molecule has 0 bridgehead atoms. The van der Waals surface area contributed by atoms with E-state index >= 15 is 0 Å². The number of nitrogens with two attached hydrogens (primary N) is 1. The van der Waals surface area contributed by atoms with Gasteiger partial charge in [0, 0.05) is 38.3 Å². The van der Waals surface area contributed by atoms with Crippen LogP contribution in [0.25, 0.3) is 0 Å². The van der Waals surface area contributed by atoms with E-state index in [9.17, 15) is 24.0 Å². The molecule has 1 aromatic carbocycles. The molecule has 4 rings (SSSR count). The Morgan fingerprint density at radius 2 is 1.97 bits per heavy atom. The minimum atomic E-state index is -0.988. The lowest BCUT2D eigenvalue weighted by atomic mass is 10.00. The molecule has 5 amide bonds. The molecule has 3 heterocycles. The first kappa shape index (κ1) is 25.6. The molecule has 36 heavy (non-hydrogen) atoms. The number of rotatable bonds is 9. The van der Waals surface area contributed by atoms with Crippen LogP contribution in [0.4, 0.5) is 10.5 Å². The van der Waals surface area contributed by atoms with Gasteiger partial charge in [0.25, 0.3) is 17.7 Å². The monoisotopic (exact) mass is 501 g/mol. The SMILES string of the molecule is CN1C(=O)CCC(N2C(=O)c3cccc(NCCOCCC4CC(OC(N)=O)CCN4)c3C2=O)C1=O. The minimum absolute atomic E-state index is 0.0952. The minimum Gasteiger partial charge on any atom is -0.446 e. The van der Waals surface area contributed by atoms with E-state index in [1.165, 1.54) is 7.05 Å². The molecule has 0 spiro atoms. The zero-order valence-corrected chi connectivity index (χ0v) is 20.2. The quantitative estimate of drug-likeness (QED) is 0.323. The third kappa shape index (κ3) is 5.34. The summed E-state index contributed by atoms with van der Waals surface area (Å²) in [7, 11) is 1.36. The van der Waals surface area contributed by atoms with Gasteiger partial charge in [0.05, 0.1) is 17.7 Å². The maximum Gasteiger partial charge on any atom is 0.404 e. The second-order valence-electron chi connectivity index (χ2n) is 9.12. The predicted molar refractivity (Wildman–Crippen MR) is 127 cm³/mol. The van der Waals surface area contributed by atoms with Crippen molar-refractivity contribution >= 4 is 35.4 Å². The maximum absolute atomic E-state index is 13.2. The Balaban J connectivity index is 1.28. The van der Waals surface area contributed by atoms with Crippen LogP contribution in [-0.4, -0.2) is 91.1 Å². The Morgan fingerprint density at radius 1 is 1.17 bits per heavy atom. The number of carbonyl (C=O) groups excluding carboxylic acids is 5. The number of likely N-dealkylation sites (N-methyl/N-ethyl adjacent to an activating group) is 1. The van der Waals surface area contributed by atoms with E-state index in [4.69, 9.17) is 15.2 Å². The van der Waals surface area contributed by atoms with Crippen molar-refractivity contribution in [2.45, 2.75) is 50.3 Å². The zero-order valence-electron chi connectivity index (χ0n) is 20.2. The Morgan fingerprint density at radius 3 is 2.75 bits per heavy atom. The van der Waals surface area contributed by atoms with Crippen molar-refractivity contribution in [3.8, 4) is 0 Å². The largest absolute Gasteiger partial charge is 0.446 e. The van der Waals surface area contributed by atoms with E-state index in [1.54, 1.807) is 18.2 Å². The Bertz CT molecular complexity index is 1060. The first-order valence-corrected chi connectivity index (χ1v) is 12.1. The Kier molecular flexibility index (Phi) is 7.85. The molecular formula is C24H31N5O7. The highest BCUT2D eigenvalue weighted by Crippen LogP contribution is 2.33. The van der Waals surface area contributed by atoms with Gasteiger partial charge in [-0.2, -0.15) is 0 Å². The van der Waals surface area contributed by atoms with Crippen molar-refractivity contribution in [3.05, 3.63) is 29.3 Å². The summed E-state index contributed by atoms with van der Waals surface area (Å²) in [5.41, 5.74) is 6.04. The van der Waals surface area contributed by atoms with Gasteiger partial charge in [-0.15, -0.1) is 0 Å². The Labute approximate surface area is 208 Å². The number of likely N-dealkylation sites (tertiary alicyclic amines) is 1. The van der Waals surface area contributed by atoms with Crippen LogP contribution in [0.5, 0.6) is 0 Å². The van der Waals surface area contributed by atoms with Gasteiger partial charge in [-0.3, -0.25) is 29.0 Å². The van der Waals surface area contributed by atoms with E-state index in [0.29, 0.717) is 31.9 Å². The molecule has 4 N–H and O–H groups in total. The molecule has 0 radical (unpaired) electrons. The molecule has 3 unspecified atom stereocenters. The molecule has 0 aromatic heterocycles. The highest BCUT2D eigenvalue weighted by atomic mass is 16.6. The van der Waals surface area contributed by atoms with Crippen molar-refractivity contribution < 1.29 is 33.4 Å². The number of hydrogen-bond acceptors (Lipinski definition) is 9. The van der Waals surface area contributed by atoms with Gasteiger partial charge in [-0.05, 0) is 44.4 Å². The lowest BCUT2D eigenvalue weighted by Crippen LogP contribution is -2.54. The molecule has 0 aliphatic carbocycles. The molecule has 3 atom stereocenters. The van der Waals surface area contributed by atoms with Gasteiger partial charge >= 0.3 is 6.09 Å². The number of nitrogens with one attached hydrogen (secondary N) is 2. The van der Waals surface area contributed by atoms with E-state index in [2.05, 4.69) is 10.6 Å². The Hall–Kier alpha value is -3.51. The number of carbonyl (C=O) groups is 5. The third-order valence-corrected chi connectivity index (χ3v) is 6.78. The number of nitrogens with zero attached hydrogens (tertiary/aromatic N) is 2. The number of fused-ring (bicyclic) bond motifs is 1. The highest BCUT2D eigenvalue weighted by Gasteiger charge is 2.47. The summed E-state index contributed by atoms with van der Waals surface area (Å²) in [5.74, 6) is -1.96. The third-order valence-electron chi connectivity index (χ3n) is 6.78. The summed E-state index contributed by atoms with van der Waals surface area (Å²) in [6.45, 7) is 2.02. The second kappa shape index (κ2) is 11.0. The fourth-order valence-corrected chi connectivity index (χ4v) is 4.91. The van der Waals surface area contributed by atoms with E-state index in [0.717, 1.165) is 29.2 Å². The van der Waals surface area contributed by atoms with E-state index < -0.39 is 29.9 Å². The normalized spacial score (nSPS) is 24.2. The molecule has 0 saturated carbocycles. The summed E-state index contributed by atoms with van der Waals surface area (Å²) in [5, 5.41) is 6.52. The smallest absolute Gasteiger partial charge is 0.404 e. The van der Waals surface area contributed by atoms with Gasteiger partial charge in [-0.1, -0.05) is 6.07 Å². The van der Waals surface area contributed by atoms with Crippen molar-refractivity contribution in [1.82, 2.24) is 15.1 Å². The fraction of sp³-hybridized carbons (Fsp3) is 0.542. The van der Waals surface area contributed by atoms with Crippen LogP contribution in [0, 0.1) is 0 Å². The molecule has 2 saturated heterocycles. The summed E-state index contributed by atoms with van der Waals surface area (Å²) < 4.78 is 10.8. The molecule has 194 valence electrons. The molecular weight excluding hydrogens is 470 g/mol. The van der Waals surface area contributed by atoms with Gasteiger partial charge in [-0.25, -0.2) is 4.79 Å². The molecule has 12 heteroatoms. The van der Waals surface area contributed by atoms with Crippen LogP contribution >= 0.6 is 0 Å². The summed E-state index contributed by atoms with van der Waals surface area (Å²) in [6, 6.07) is 4.12. The average Bonchev–Trinajstić information content (AvgIpc) is 3.10. The van der Waals surface area contributed by atoms with Gasteiger partial charge in [0.15, 0.2) is 0 Å². The van der Waals surface area contributed by atoms with Crippen LogP contribution in [0.1, 0.15) is 52.8 Å². The molecule has 3 aliphatic heterocycles. The van der Waals surface area contributed by atoms with E-state index in [-0.39, 0.29) is 42.0 Å². The number of amides is 5. The van der Waals surface area contributed by atoms with E-state index in [1.807, 2.05) is 0 Å². The van der Waals surface area contributed by atoms with Crippen molar-refractivity contribution in [3.63, 3.8) is 0 Å². The molecule has 1 aromatic rings. The lowest BCUT2D eigenvalue weighted by Gasteiger charge is -2.32. The fourth-order valence-electron chi connectivity index (χ4n) is 4.91. The topological polar surface area (TPSA) is 160 Å². The second-order valence-corrected chi connectivity index (χ2v) is 9.12. The molecule has 2 fully saturated rings. The van der Waals surface area contributed by atoms with Crippen LogP contribution < -0.4 is 16.4 Å². The summed E-state index contributed by atoms with van der Waals surface area (Å²) >= 11 is 0. The number of anilines is 1. The van der Waals surface area contributed by atoms with Crippen LogP contribution in [0.3, 0.4) is 0 Å². The number of imide groups is 2. The zero-order chi connectivity index (χ0) is 25.8. The van der Waals surface area contributed by atoms with Crippen LogP contribution in [0.15, 0.2) is 18.2 Å². The van der Waals surface area contributed by atoms with Gasteiger partial charge < -0.3 is 25.8 Å². The lowest BCUT2D eigenvalue weighted by molar-refractivity contribution is -0.149. The molecule has 3 aliphatic rings. The highest BCUT2D eigenvalue weighted by molar-refractivity contribution is 6.25. The first-order chi connectivity index (χ1) is 17.3. The van der Waals surface area contributed by atoms with Gasteiger partial charge in [0.2, 0.25) is 5.91 Å². The molecule has 12 nitrogen and oxygen atoms in total. The number of primary amides is 1. The standard InChI is InChI=1S/C24H31N5O7/c1-28-19(30)6-5-18(22(28)32)29-21(31)16-3-2-4-17(20(16)23(29)33)27-10-12-35-11-8-14-13-15(7-9-26-14)36-24(25)34/h2-4,14-15,18,26-27H,5-13H2,1H3,(H2,25,34). The van der Waals surface area contributed by atoms with Crippen molar-refractivity contribution in [1.29, 1.82) is 0 Å². The predicted octanol–water partition coefficient (Wildman–Crippen LogP) is 0.465. The van der Waals surface area contributed by atoms with Crippen LogP contribution in [-0.2, 0) is 19.1 Å². The number of piperidine rings is 2. The number of ether oxygens (including phenoxy) is 2. The van der Waals surface area contributed by atoms with Crippen molar-refractivity contribution in [2.75, 3.05) is 38.7 Å². The average molecular weight is 502 g/mol. The number of hydrogen-bond donors (Lipinski definition) is 3. The first-order valence-electron chi connectivity index (χ1n) is 12.1.